The second-order valence-electron chi connectivity index (χ2n) is 14.3. The molecule has 5 rings (SSSR count). The summed E-state index contributed by atoms with van der Waals surface area (Å²) >= 11 is 0. The van der Waals surface area contributed by atoms with Crippen molar-refractivity contribution >= 4 is 11.7 Å². The molecule has 1 amide bonds. The first kappa shape index (κ1) is 28.6. The fourth-order valence-electron chi connectivity index (χ4n) is 9.29. The van der Waals surface area contributed by atoms with E-state index in [1.54, 1.807) is 6.08 Å². The second kappa shape index (κ2) is 9.31. The Hall–Kier alpha value is -2.90. The third-order valence-corrected chi connectivity index (χ3v) is 12.2. The largest absolute Gasteiger partial charge is 0.504 e. The quantitative estimate of drug-likeness (QED) is 0.226. The minimum Gasteiger partial charge on any atom is -0.504 e. The summed E-state index contributed by atoms with van der Waals surface area (Å²) in [7, 11) is 0. The van der Waals surface area contributed by atoms with Crippen LogP contribution in [0.4, 0.5) is 0 Å². The second-order valence-corrected chi connectivity index (χ2v) is 14.3. The molecule has 0 bridgehead atoms. The molecule has 0 aromatic carbocycles. The molecule has 5 aliphatic carbocycles. The van der Waals surface area contributed by atoms with Crippen molar-refractivity contribution in [3.8, 4) is 0 Å². The van der Waals surface area contributed by atoms with Crippen LogP contribution in [0.25, 0.3) is 0 Å². The van der Waals surface area contributed by atoms with Gasteiger partial charge in [0.25, 0.3) is 5.09 Å². The van der Waals surface area contributed by atoms with Gasteiger partial charge in [-0.1, -0.05) is 52.3 Å². The number of nitrogens with one attached hydrogen (secondary N) is 1. The van der Waals surface area contributed by atoms with Crippen molar-refractivity contribution in [2.75, 3.05) is 13.2 Å². The molecule has 40 heavy (non-hydrogen) atoms. The van der Waals surface area contributed by atoms with Gasteiger partial charge in [0, 0.05) is 22.9 Å². The summed E-state index contributed by atoms with van der Waals surface area (Å²) in [6.07, 6.45) is 13.2. The number of allylic oxidation sites excluding steroid dienone is 7. The Morgan fingerprint density at radius 2 is 1.80 bits per heavy atom. The van der Waals surface area contributed by atoms with E-state index in [9.17, 15) is 24.8 Å². The molecule has 5 aliphatic rings. The van der Waals surface area contributed by atoms with Crippen LogP contribution in [-0.2, 0) is 14.4 Å². The number of fused-ring (bicyclic) bond motifs is 7. The highest BCUT2D eigenvalue weighted by Crippen LogP contribution is 2.75. The molecule has 0 saturated heterocycles. The lowest BCUT2D eigenvalue weighted by molar-refractivity contribution is -0.757. The van der Waals surface area contributed by atoms with Crippen LogP contribution in [0, 0.1) is 43.1 Å². The Morgan fingerprint density at radius 3 is 2.50 bits per heavy atom. The number of rotatable bonds is 6. The number of aliphatic hydroxyl groups excluding tert-OH is 1. The molecule has 3 fully saturated rings. The summed E-state index contributed by atoms with van der Waals surface area (Å²) in [5.41, 5.74) is 3.32. The van der Waals surface area contributed by atoms with Crippen LogP contribution in [0.2, 0.25) is 0 Å². The molecule has 0 aromatic rings. The van der Waals surface area contributed by atoms with E-state index in [1.165, 1.54) is 5.57 Å². The average molecular weight is 553 g/mol. The van der Waals surface area contributed by atoms with E-state index in [1.807, 2.05) is 6.92 Å². The van der Waals surface area contributed by atoms with Gasteiger partial charge in [0.2, 0.25) is 11.7 Å². The molecule has 0 spiro atoms. The number of carbonyl (C=O) groups is 2. The lowest BCUT2D eigenvalue weighted by atomic mass is 9.34. The molecular weight excluding hydrogens is 508 g/mol. The first-order valence-electron chi connectivity index (χ1n) is 14.8. The number of aliphatic hydroxyl groups is 1. The van der Waals surface area contributed by atoms with Crippen molar-refractivity contribution in [3.05, 3.63) is 56.4 Å². The zero-order chi connectivity index (χ0) is 29.3. The van der Waals surface area contributed by atoms with E-state index < -0.39 is 10.5 Å². The highest BCUT2D eigenvalue weighted by atomic mass is 16.9. The topological polar surface area (TPSA) is 119 Å². The van der Waals surface area contributed by atoms with E-state index in [-0.39, 0.29) is 45.7 Å². The molecule has 8 heteroatoms. The van der Waals surface area contributed by atoms with Crippen molar-refractivity contribution in [1.82, 2.24) is 5.32 Å². The van der Waals surface area contributed by atoms with Crippen molar-refractivity contribution < 1.29 is 24.6 Å². The summed E-state index contributed by atoms with van der Waals surface area (Å²) in [6.45, 7) is 13.8. The molecule has 0 heterocycles. The fourth-order valence-corrected chi connectivity index (χ4v) is 9.29. The highest BCUT2D eigenvalue weighted by molar-refractivity contribution is 6.06. The van der Waals surface area contributed by atoms with Crippen molar-refractivity contribution in [3.63, 3.8) is 0 Å². The fraction of sp³-hybridized carbons (Fsp3) is 0.688. The normalized spacial score (nSPS) is 40.4. The molecule has 0 aromatic heterocycles. The molecule has 3 saturated carbocycles. The van der Waals surface area contributed by atoms with Gasteiger partial charge in [0.1, 0.15) is 0 Å². The molecular formula is C32H44N2O6. The molecule has 8 nitrogen and oxygen atoms in total. The zero-order valence-electron chi connectivity index (χ0n) is 24.8. The number of ketones is 1. The predicted octanol–water partition coefficient (Wildman–Crippen LogP) is 6.33. The van der Waals surface area contributed by atoms with Gasteiger partial charge in [-0.3, -0.25) is 9.59 Å². The Balaban J connectivity index is 1.44. The number of amides is 1. The molecule has 2 N–H and O–H groups in total. The maximum absolute atomic E-state index is 13.5. The number of hydrogen-bond acceptors (Lipinski definition) is 6. The van der Waals surface area contributed by atoms with Crippen molar-refractivity contribution in [2.24, 2.45) is 33.0 Å². The highest BCUT2D eigenvalue weighted by Gasteiger charge is 2.67. The maximum Gasteiger partial charge on any atom is 0.294 e. The van der Waals surface area contributed by atoms with Gasteiger partial charge in [0.15, 0.2) is 5.76 Å². The van der Waals surface area contributed by atoms with Crippen LogP contribution < -0.4 is 5.32 Å². The number of nitrogens with zero attached hydrogens (tertiary/aromatic N) is 1. The first-order chi connectivity index (χ1) is 18.6. The average Bonchev–Trinajstić information content (AvgIpc) is 2.90. The van der Waals surface area contributed by atoms with Crippen molar-refractivity contribution in [1.29, 1.82) is 0 Å². The standard InChI is InChI=1S/C32H44N2O6/c1-20-21-8-9-24-30(4,22(21)18-23(35)26(20)36)13-15-32(6)25-19-29(3,27(37)33-16-7-17-40-34(38)39)11-10-28(25,2)12-14-31(24,32)5/h8-9,18,25,36H,7,10-17,19H2,1-6H3,(H,33,37)/t25-,28-,29-,30+,31-,32+/m1/s1. The van der Waals surface area contributed by atoms with Gasteiger partial charge >= 0.3 is 0 Å². The van der Waals surface area contributed by atoms with Crippen LogP contribution in [0.15, 0.2) is 46.3 Å². The molecule has 218 valence electrons. The zero-order valence-corrected chi connectivity index (χ0v) is 24.8. The maximum atomic E-state index is 13.5. The Bertz CT molecular complexity index is 1290. The summed E-state index contributed by atoms with van der Waals surface area (Å²) in [5, 5.41) is 23.0. The van der Waals surface area contributed by atoms with Gasteiger partial charge in [0.05, 0.1) is 6.61 Å². The summed E-state index contributed by atoms with van der Waals surface area (Å²) in [6, 6.07) is 0. The summed E-state index contributed by atoms with van der Waals surface area (Å²) < 4.78 is 0. The van der Waals surface area contributed by atoms with E-state index in [0.717, 1.165) is 56.1 Å². The van der Waals surface area contributed by atoms with E-state index in [2.05, 4.69) is 56.9 Å². The first-order valence-corrected chi connectivity index (χ1v) is 14.8. The van der Waals surface area contributed by atoms with Crippen LogP contribution in [0.1, 0.15) is 92.9 Å². The molecule has 0 radical (unpaired) electrons. The third kappa shape index (κ3) is 3.99. The van der Waals surface area contributed by atoms with Crippen LogP contribution in [-0.4, -0.2) is 35.0 Å². The lowest BCUT2D eigenvalue weighted by Crippen LogP contribution is -2.62. The molecule has 0 aliphatic heterocycles. The smallest absolute Gasteiger partial charge is 0.294 e. The monoisotopic (exact) mass is 552 g/mol. The Morgan fingerprint density at radius 1 is 1.10 bits per heavy atom. The Labute approximate surface area is 237 Å². The SMILES string of the molecule is CC1=C(O)C(=O)C=C2C1=CC=C1[C@@]2(C)CC[C@@]2(C)[C@@H]3C[C@](C)(C(=O)NCCCO[N+](=O)[O-])CC[C@]3(C)CC[C@]12C. The number of carbonyl (C=O) groups excluding carboxylic acids is 2. The van der Waals surface area contributed by atoms with Crippen LogP contribution >= 0.6 is 0 Å². The van der Waals surface area contributed by atoms with Gasteiger partial charge in [-0.15, -0.1) is 10.1 Å². The minimum absolute atomic E-state index is 0.0234. The molecule has 6 atom stereocenters. The van der Waals surface area contributed by atoms with E-state index in [4.69, 9.17) is 0 Å². The third-order valence-electron chi connectivity index (χ3n) is 12.2. The van der Waals surface area contributed by atoms with Crippen LogP contribution in [0.5, 0.6) is 0 Å². The van der Waals surface area contributed by atoms with Crippen LogP contribution in [0.3, 0.4) is 0 Å². The van der Waals surface area contributed by atoms with Gasteiger partial charge in [-0.25, -0.2) is 0 Å². The van der Waals surface area contributed by atoms with E-state index in [0.29, 0.717) is 24.5 Å². The summed E-state index contributed by atoms with van der Waals surface area (Å²) in [5.74, 6) is -0.0734. The predicted molar refractivity (Wildman–Crippen MR) is 152 cm³/mol. The van der Waals surface area contributed by atoms with Crippen molar-refractivity contribution in [2.45, 2.75) is 92.9 Å². The van der Waals surface area contributed by atoms with E-state index >= 15 is 0 Å². The Kier molecular flexibility index (Phi) is 6.67. The molecule has 0 unspecified atom stereocenters. The number of hydrogen-bond donors (Lipinski definition) is 2. The van der Waals surface area contributed by atoms with Gasteiger partial charge in [-0.05, 0) is 97.7 Å². The summed E-state index contributed by atoms with van der Waals surface area (Å²) in [4.78, 5) is 41.0. The van der Waals surface area contributed by atoms with Gasteiger partial charge in [-0.2, -0.15) is 0 Å². The van der Waals surface area contributed by atoms with Gasteiger partial charge < -0.3 is 15.3 Å². The minimum atomic E-state index is -0.802. The lowest BCUT2D eigenvalue weighted by Gasteiger charge is -2.70.